The molecule has 6 heteroatoms. The minimum Gasteiger partial charge on any atom is -0.310 e. The fourth-order valence-corrected chi connectivity index (χ4v) is 4.41. The molecule has 1 atom stereocenters. The maximum atomic E-state index is 12.8. The van der Waals surface area contributed by atoms with E-state index in [4.69, 9.17) is 4.98 Å². The molecule has 0 saturated heterocycles. The van der Waals surface area contributed by atoms with E-state index in [0.717, 1.165) is 36.9 Å². The number of anilines is 1. The van der Waals surface area contributed by atoms with Gasteiger partial charge in [-0.15, -0.1) is 0 Å². The lowest BCUT2D eigenvalue weighted by Crippen LogP contribution is -2.25. The number of nitrogens with zero attached hydrogens (tertiary/aromatic N) is 3. The number of nitrogens with one attached hydrogen (secondary N) is 1. The zero-order valence-electron chi connectivity index (χ0n) is 16.5. The van der Waals surface area contributed by atoms with Gasteiger partial charge in [-0.3, -0.25) is 4.79 Å². The predicted octanol–water partition coefficient (Wildman–Crippen LogP) is 4.83. The number of nitriles is 1. The van der Waals surface area contributed by atoms with Crippen LogP contribution in [0.2, 0.25) is 0 Å². The van der Waals surface area contributed by atoms with Gasteiger partial charge < -0.3 is 5.32 Å². The number of fused-ring (bicyclic) bond motifs is 1. The normalized spacial score (nSPS) is 14.9. The molecule has 0 fully saturated rings. The van der Waals surface area contributed by atoms with Crippen LogP contribution in [-0.2, 0) is 17.6 Å². The largest absolute Gasteiger partial charge is 0.310 e. The van der Waals surface area contributed by atoms with Crippen molar-refractivity contribution in [3.05, 3.63) is 46.8 Å². The number of rotatable bonds is 5. The Morgan fingerprint density at radius 3 is 2.82 bits per heavy atom. The summed E-state index contributed by atoms with van der Waals surface area (Å²) in [6, 6.07) is 8.03. The molecule has 2 heterocycles. The van der Waals surface area contributed by atoms with E-state index in [9.17, 15) is 10.1 Å². The highest BCUT2D eigenvalue weighted by molar-refractivity contribution is 8.00. The molecule has 1 aliphatic rings. The van der Waals surface area contributed by atoms with Crippen molar-refractivity contribution < 1.29 is 4.79 Å². The highest BCUT2D eigenvalue weighted by Crippen LogP contribution is 2.31. The van der Waals surface area contributed by atoms with Gasteiger partial charge >= 0.3 is 0 Å². The van der Waals surface area contributed by atoms with Crippen molar-refractivity contribution in [2.45, 2.75) is 69.1 Å². The van der Waals surface area contributed by atoms with Crippen molar-refractivity contribution in [3.63, 3.8) is 0 Å². The van der Waals surface area contributed by atoms with Crippen molar-refractivity contribution in [2.75, 3.05) is 5.32 Å². The molecular formula is C22H26N4OS. The lowest BCUT2D eigenvalue weighted by Gasteiger charge is -2.18. The van der Waals surface area contributed by atoms with Crippen LogP contribution in [0, 0.1) is 18.3 Å². The van der Waals surface area contributed by atoms with Gasteiger partial charge in [0.15, 0.2) is 0 Å². The number of pyridine rings is 2. The van der Waals surface area contributed by atoms with Crippen LogP contribution >= 0.6 is 11.8 Å². The number of carbonyl (C=O) groups excluding carboxylic acids is 1. The molecule has 0 bridgehead atoms. The van der Waals surface area contributed by atoms with Crippen molar-refractivity contribution in [3.8, 4) is 6.07 Å². The third kappa shape index (κ3) is 4.90. The minimum atomic E-state index is -0.326. The van der Waals surface area contributed by atoms with Crippen LogP contribution in [-0.4, -0.2) is 21.1 Å². The first-order valence-corrected chi connectivity index (χ1v) is 10.8. The quantitative estimate of drug-likeness (QED) is 0.735. The van der Waals surface area contributed by atoms with E-state index < -0.39 is 0 Å². The van der Waals surface area contributed by atoms with Crippen molar-refractivity contribution in [2.24, 2.45) is 0 Å². The average Bonchev–Trinajstić information content (AvgIpc) is 2.68. The molecular weight excluding hydrogens is 368 g/mol. The summed E-state index contributed by atoms with van der Waals surface area (Å²) in [5, 5.41) is 12.9. The van der Waals surface area contributed by atoms with Crippen LogP contribution in [0.3, 0.4) is 0 Å². The SMILES string of the molecule is CCC(Sc1nc2c(cc1C#N)CCCCCC2)C(=O)Nc1ncccc1C. The van der Waals surface area contributed by atoms with Crippen LogP contribution < -0.4 is 5.32 Å². The van der Waals surface area contributed by atoms with Gasteiger partial charge in [0.1, 0.15) is 16.9 Å². The van der Waals surface area contributed by atoms with Crippen LogP contribution in [0.15, 0.2) is 29.4 Å². The first-order chi connectivity index (χ1) is 13.6. The van der Waals surface area contributed by atoms with Crippen molar-refractivity contribution >= 4 is 23.5 Å². The van der Waals surface area contributed by atoms with Crippen LogP contribution in [0.4, 0.5) is 5.82 Å². The molecule has 0 saturated carbocycles. The molecule has 0 aromatic carbocycles. The summed E-state index contributed by atoms with van der Waals surface area (Å²) in [5.74, 6) is 0.477. The number of aryl methyl sites for hydroxylation is 3. The fourth-order valence-electron chi connectivity index (χ4n) is 3.41. The van der Waals surface area contributed by atoms with E-state index in [1.165, 1.54) is 30.2 Å². The van der Waals surface area contributed by atoms with Gasteiger partial charge in [-0.2, -0.15) is 5.26 Å². The van der Waals surface area contributed by atoms with Gasteiger partial charge in [0.05, 0.1) is 10.8 Å². The number of hydrogen-bond donors (Lipinski definition) is 1. The smallest absolute Gasteiger partial charge is 0.239 e. The molecule has 1 N–H and O–H groups in total. The second-order valence-electron chi connectivity index (χ2n) is 7.15. The molecule has 2 aromatic heterocycles. The highest BCUT2D eigenvalue weighted by atomic mass is 32.2. The molecule has 5 nitrogen and oxygen atoms in total. The second kappa shape index (κ2) is 9.70. The number of thioether (sulfide) groups is 1. The van der Waals surface area contributed by atoms with Gasteiger partial charge in [0.25, 0.3) is 0 Å². The lowest BCUT2D eigenvalue weighted by atomic mass is 9.96. The molecule has 1 aliphatic carbocycles. The van der Waals surface area contributed by atoms with E-state index in [1.54, 1.807) is 6.20 Å². The maximum absolute atomic E-state index is 12.8. The summed E-state index contributed by atoms with van der Waals surface area (Å²) < 4.78 is 0. The van der Waals surface area contributed by atoms with Crippen LogP contribution in [0.1, 0.15) is 61.4 Å². The van der Waals surface area contributed by atoms with Gasteiger partial charge in [-0.1, -0.05) is 37.6 Å². The highest BCUT2D eigenvalue weighted by Gasteiger charge is 2.23. The Hall–Kier alpha value is -2.39. The summed E-state index contributed by atoms with van der Waals surface area (Å²) in [7, 11) is 0. The first-order valence-electron chi connectivity index (χ1n) is 9.94. The Morgan fingerprint density at radius 2 is 2.11 bits per heavy atom. The van der Waals surface area contributed by atoms with Crippen molar-refractivity contribution in [1.29, 1.82) is 5.26 Å². The first kappa shape index (κ1) is 20.3. The number of amides is 1. The summed E-state index contributed by atoms with van der Waals surface area (Å²) in [6.07, 6.45) is 8.99. The fraction of sp³-hybridized carbons (Fsp3) is 0.455. The summed E-state index contributed by atoms with van der Waals surface area (Å²) in [4.78, 5) is 21.9. The predicted molar refractivity (Wildman–Crippen MR) is 112 cm³/mol. The minimum absolute atomic E-state index is 0.105. The Bertz CT molecular complexity index is 891. The second-order valence-corrected chi connectivity index (χ2v) is 8.34. The summed E-state index contributed by atoms with van der Waals surface area (Å²) in [5.41, 5.74) is 3.79. The van der Waals surface area contributed by atoms with Crippen LogP contribution in [0.5, 0.6) is 0 Å². The van der Waals surface area contributed by atoms with E-state index in [2.05, 4.69) is 16.4 Å². The molecule has 0 spiro atoms. The molecule has 146 valence electrons. The van der Waals surface area contributed by atoms with Crippen LogP contribution in [0.25, 0.3) is 0 Å². The molecule has 0 radical (unpaired) electrons. The van der Waals surface area contributed by atoms with Gasteiger partial charge in [0.2, 0.25) is 5.91 Å². The van der Waals surface area contributed by atoms with Gasteiger partial charge in [-0.25, -0.2) is 9.97 Å². The number of aromatic nitrogens is 2. The number of carbonyl (C=O) groups is 1. The summed E-state index contributed by atoms with van der Waals surface area (Å²) in [6.45, 7) is 3.89. The Balaban J connectivity index is 1.81. The van der Waals surface area contributed by atoms with Crippen molar-refractivity contribution in [1.82, 2.24) is 9.97 Å². The zero-order valence-corrected chi connectivity index (χ0v) is 17.3. The average molecular weight is 395 g/mol. The Kier molecular flexibility index (Phi) is 7.05. The topological polar surface area (TPSA) is 78.7 Å². The third-order valence-electron chi connectivity index (χ3n) is 5.05. The molecule has 0 aliphatic heterocycles. The molecule has 1 amide bonds. The van der Waals surface area contributed by atoms with Gasteiger partial charge in [0, 0.05) is 11.9 Å². The molecule has 28 heavy (non-hydrogen) atoms. The molecule has 3 rings (SSSR count). The maximum Gasteiger partial charge on any atom is 0.239 e. The summed E-state index contributed by atoms with van der Waals surface area (Å²) >= 11 is 1.38. The number of hydrogen-bond acceptors (Lipinski definition) is 5. The lowest BCUT2D eigenvalue weighted by molar-refractivity contribution is -0.115. The van der Waals surface area contributed by atoms with E-state index in [-0.39, 0.29) is 11.2 Å². The van der Waals surface area contributed by atoms with E-state index in [1.807, 2.05) is 32.0 Å². The molecule has 1 unspecified atom stereocenters. The van der Waals surface area contributed by atoms with E-state index >= 15 is 0 Å². The zero-order chi connectivity index (χ0) is 19.9. The van der Waals surface area contributed by atoms with E-state index in [0.29, 0.717) is 22.8 Å². The monoisotopic (exact) mass is 394 g/mol. The standard InChI is InChI=1S/C22H26N4OS/c1-3-19(21(27)26-20-15(2)9-8-12-24-20)28-22-17(14-23)13-16-10-6-4-5-7-11-18(16)25-22/h8-9,12-13,19H,3-7,10-11H2,1-2H3,(H,24,26,27). The van der Waals surface area contributed by atoms with Gasteiger partial charge in [-0.05, 0) is 62.3 Å². The Labute approximate surface area is 171 Å². The Morgan fingerprint density at radius 1 is 1.32 bits per heavy atom. The molecule has 2 aromatic rings. The third-order valence-corrected chi connectivity index (χ3v) is 6.42.